The van der Waals surface area contributed by atoms with Gasteiger partial charge in [-0.05, 0) is 29.0 Å². The Kier molecular flexibility index (Phi) is 3.69. The molecule has 0 bridgehead atoms. The summed E-state index contributed by atoms with van der Waals surface area (Å²) in [5, 5.41) is 0. The van der Waals surface area contributed by atoms with Gasteiger partial charge in [-0.3, -0.25) is 9.78 Å². The Morgan fingerprint density at radius 3 is 2.86 bits per heavy atom. The maximum Gasteiger partial charge on any atom is 0.274 e. The van der Waals surface area contributed by atoms with Crippen molar-refractivity contribution in [2.24, 2.45) is 0 Å². The molecule has 4 heteroatoms. The molecule has 0 saturated carbocycles. The van der Waals surface area contributed by atoms with Crippen LogP contribution in [0.2, 0.25) is 0 Å². The van der Waals surface area contributed by atoms with Crippen molar-refractivity contribution >= 4 is 5.91 Å². The van der Waals surface area contributed by atoms with Crippen LogP contribution in [0.5, 0.6) is 0 Å². The second-order valence-electron chi connectivity index (χ2n) is 5.71. The zero-order valence-corrected chi connectivity index (χ0v) is 12.4. The second kappa shape index (κ2) is 5.64. The largest absolute Gasteiger partial charge is 0.333 e. The van der Waals surface area contributed by atoms with Gasteiger partial charge in [0, 0.05) is 25.5 Å². The van der Waals surface area contributed by atoms with Crippen LogP contribution in [0.4, 0.5) is 0 Å². The Balaban J connectivity index is 1.85. The van der Waals surface area contributed by atoms with Crippen molar-refractivity contribution < 1.29 is 4.79 Å². The molecule has 0 fully saturated rings. The molecule has 1 aromatic carbocycles. The van der Waals surface area contributed by atoms with E-state index in [1.807, 2.05) is 4.90 Å². The molecule has 3 rings (SSSR count). The van der Waals surface area contributed by atoms with Gasteiger partial charge in [0.1, 0.15) is 5.69 Å². The lowest BCUT2D eigenvalue weighted by Gasteiger charge is -2.30. The monoisotopic (exact) mass is 281 g/mol. The minimum Gasteiger partial charge on any atom is -0.333 e. The fraction of sp³-hybridized carbons (Fsp3) is 0.353. The highest BCUT2D eigenvalue weighted by Crippen LogP contribution is 2.27. The van der Waals surface area contributed by atoms with Crippen molar-refractivity contribution in [2.45, 2.75) is 32.7 Å². The van der Waals surface area contributed by atoms with E-state index in [4.69, 9.17) is 0 Å². The molecule has 2 aromatic rings. The Bertz CT molecular complexity index is 652. The van der Waals surface area contributed by atoms with Crippen molar-refractivity contribution in [3.05, 3.63) is 59.2 Å². The first-order chi connectivity index (χ1) is 10.2. The first kappa shape index (κ1) is 13.7. The number of hydrogen-bond acceptors (Lipinski definition) is 3. The van der Waals surface area contributed by atoms with Crippen molar-refractivity contribution in [1.82, 2.24) is 14.9 Å². The number of hydrogen-bond donors (Lipinski definition) is 0. The number of benzene rings is 1. The quantitative estimate of drug-likeness (QED) is 0.850. The molecule has 108 valence electrons. The zero-order chi connectivity index (χ0) is 14.8. The van der Waals surface area contributed by atoms with E-state index in [1.165, 1.54) is 22.9 Å². The van der Waals surface area contributed by atoms with E-state index in [9.17, 15) is 4.79 Å². The molecule has 0 N–H and O–H groups in total. The highest BCUT2D eigenvalue weighted by molar-refractivity contribution is 5.92. The van der Waals surface area contributed by atoms with Crippen molar-refractivity contribution in [1.29, 1.82) is 0 Å². The summed E-state index contributed by atoms with van der Waals surface area (Å²) in [6.07, 6.45) is 5.58. The molecular weight excluding hydrogens is 262 g/mol. The minimum absolute atomic E-state index is 0.0382. The molecule has 0 radical (unpaired) electrons. The summed E-state index contributed by atoms with van der Waals surface area (Å²) in [5.74, 6) is 0.478. The molecule has 21 heavy (non-hydrogen) atoms. The second-order valence-corrected chi connectivity index (χ2v) is 5.71. The van der Waals surface area contributed by atoms with Gasteiger partial charge in [-0.25, -0.2) is 4.98 Å². The average Bonchev–Trinajstić information content (AvgIpc) is 2.53. The van der Waals surface area contributed by atoms with E-state index < -0.39 is 0 Å². The molecule has 1 aliphatic rings. The number of carbonyl (C=O) groups is 1. The molecular formula is C17H19N3O. The first-order valence-corrected chi connectivity index (χ1v) is 7.32. The summed E-state index contributed by atoms with van der Waals surface area (Å²) >= 11 is 0. The molecule has 2 heterocycles. The van der Waals surface area contributed by atoms with Crippen molar-refractivity contribution in [3.8, 4) is 0 Å². The molecule has 1 aromatic heterocycles. The van der Waals surface area contributed by atoms with Crippen LogP contribution in [0.15, 0.2) is 36.8 Å². The van der Waals surface area contributed by atoms with Gasteiger partial charge in [-0.1, -0.05) is 32.0 Å². The maximum absolute atomic E-state index is 12.5. The Labute approximate surface area is 124 Å². The van der Waals surface area contributed by atoms with Gasteiger partial charge in [0.25, 0.3) is 5.91 Å². The normalized spacial score (nSPS) is 14.1. The van der Waals surface area contributed by atoms with Gasteiger partial charge in [0.15, 0.2) is 0 Å². The molecule has 1 amide bonds. The van der Waals surface area contributed by atoms with Crippen LogP contribution in [0.1, 0.15) is 46.9 Å². The number of nitrogens with zero attached hydrogens (tertiary/aromatic N) is 3. The minimum atomic E-state index is -0.0382. The van der Waals surface area contributed by atoms with Crippen molar-refractivity contribution in [2.75, 3.05) is 6.54 Å². The first-order valence-electron chi connectivity index (χ1n) is 7.32. The molecule has 4 nitrogen and oxygen atoms in total. The summed E-state index contributed by atoms with van der Waals surface area (Å²) in [7, 11) is 0. The number of aromatic nitrogens is 2. The standard InChI is InChI=1S/C17H19N3O/c1-12(2)14-5-3-4-13-11-20(9-6-15(13)14)17(21)16-10-18-7-8-19-16/h3-5,7-8,10,12H,6,9,11H2,1-2H3. The lowest BCUT2D eigenvalue weighted by Crippen LogP contribution is -2.36. The topological polar surface area (TPSA) is 46.1 Å². The summed E-state index contributed by atoms with van der Waals surface area (Å²) in [4.78, 5) is 22.4. The van der Waals surface area contributed by atoms with E-state index in [-0.39, 0.29) is 5.91 Å². The molecule has 0 unspecified atom stereocenters. The van der Waals surface area contributed by atoms with Crippen LogP contribution in [-0.2, 0) is 13.0 Å². The molecule has 1 aliphatic heterocycles. The van der Waals surface area contributed by atoms with Crippen LogP contribution in [0.3, 0.4) is 0 Å². The van der Waals surface area contributed by atoms with E-state index in [0.29, 0.717) is 18.2 Å². The number of carbonyl (C=O) groups excluding carboxylic acids is 1. The van der Waals surface area contributed by atoms with E-state index in [1.54, 1.807) is 12.4 Å². The highest BCUT2D eigenvalue weighted by atomic mass is 16.2. The summed E-state index contributed by atoms with van der Waals surface area (Å²) in [5.41, 5.74) is 4.49. The third kappa shape index (κ3) is 2.66. The number of fused-ring (bicyclic) bond motifs is 1. The van der Waals surface area contributed by atoms with Crippen LogP contribution in [0.25, 0.3) is 0 Å². The Morgan fingerprint density at radius 1 is 1.29 bits per heavy atom. The van der Waals surface area contributed by atoms with Crippen LogP contribution in [-0.4, -0.2) is 27.3 Å². The fourth-order valence-corrected chi connectivity index (χ4v) is 2.92. The van der Waals surface area contributed by atoms with Crippen LogP contribution < -0.4 is 0 Å². The van der Waals surface area contributed by atoms with Crippen molar-refractivity contribution in [3.63, 3.8) is 0 Å². The lowest BCUT2D eigenvalue weighted by atomic mass is 9.89. The van der Waals surface area contributed by atoms with E-state index in [2.05, 4.69) is 42.0 Å². The Morgan fingerprint density at radius 2 is 2.14 bits per heavy atom. The van der Waals surface area contributed by atoms with Gasteiger partial charge >= 0.3 is 0 Å². The molecule has 0 saturated heterocycles. The maximum atomic E-state index is 12.5. The van der Waals surface area contributed by atoms with E-state index in [0.717, 1.165) is 13.0 Å². The Hall–Kier alpha value is -2.23. The van der Waals surface area contributed by atoms with Gasteiger partial charge < -0.3 is 4.90 Å². The summed E-state index contributed by atoms with van der Waals surface area (Å²) in [6, 6.07) is 6.41. The third-order valence-corrected chi connectivity index (χ3v) is 3.99. The highest BCUT2D eigenvalue weighted by Gasteiger charge is 2.24. The zero-order valence-electron chi connectivity index (χ0n) is 12.4. The SMILES string of the molecule is CC(C)c1cccc2c1CCN(C(=O)c1cnccn1)C2. The predicted octanol–water partition coefficient (Wildman–Crippen LogP) is 2.80. The number of rotatable bonds is 2. The number of amides is 1. The third-order valence-electron chi connectivity index (χ3n) is 3.99. The van der Waals surface area contributed by atoms with Gasteiger partial charge in [-0.2, -0.15) is 0 Å². The van der Waals surface area contributed by atoms with Crippen LogP contribution >= 0.6 is 0 Å². The summed E-state index contributed by atoms with van der Waals surface area (Å²) in [6.45, 7) is 5.83. The smallest absolute Gasteiger partial charge is 0.274 e. The predicted molar refractivity (Wildman–Crippen MR) is 81.0 cm³/mol. The molecule has 0 spiro atoms. The fourth-order valence-electron chi connectivity index (χ4n) is 2.92. The van der Waals surface area contributed by atoms with Gasteiger partial charge in [0.2, 0.25) is 0 Å². The van der Waals surface area contributed by atoms with Gasteiger partial charge in [0.05, 0.1) is 6.20 Å². The average molecular weight is 281 g/mol. The van der Waals surface area contributed by atoms with E-state index >= 15 is 0 Å². The van der Waals surface area contributed by atoms with Gasteiger partial charge in [-0.15, -0.1) is 0 Å². The molecule has 0 atom stereocenters. The molecule has 0 aliphatic carbocycles. The lowest BCUT2D eigenvalue weighted by molar-refractivity contribution is 0.0728. The van der Waals surface area contributed by atoms with Crippen LogP contribution in [0, 0.1) is 0 Å². The summed E-state index contributed by atoms with van der Waals surface area (Å²) < 4.78 is 0.